The van der Waals surface area contributed by atoms with Gasteiger partial charge in [0.05, 0.1) is 36.5 Å². The Kier molecular flexibility index (Phi) is 5.37. The third kappa shape index (κ3) is 3.88. The molecule has 0 atom stereocenters. The lowest BCUT2D eigenvalue weighted by Gasteiger charge is -2.18. The standard InChI is InChI=1S/C31H28N6O/c1-35-18-24(33-20-35)19-36-13-12-22-11-10-21(14-29(22)36)15-32-16-28-30(26-8-4-5-9-27(26)34-28)37-17-23-6-2-3-7-25(23)31(37)38/h2-14,18,20,32,34H,15-17,19H2,1H3. The number of amides is 1. The maximum atomic E-state index is 13.3. The molecule has 1 aliphatic rings. The Morgan fingerprint density at radius 3 is 2.74 bits per heavy atom. The van der Waals surface area contributed by atoms with Crippen LogP contribution in [0.15, 0.2) is 91.5 Å². The van der Waals surface area contributed by atoms with Crippen LogP contribution in [0.2, 0.25) is 0 Å². The number of aromatic amines is 1. The summed E-state index contributed by atoms with van der Waals surface area (Å²) < 4.78 is 4.22. The molecule has 7 nitrogen and oxygen atoms in total. The van der Waals surface area contributed by atoms with Crippen LogP contribution in [-0.2, 0) is 33.2 Å². The Morgan fingerprint density at radius 1 is 1.00 bits per heavy atom. The molecule has 7 rings (SSSR count). The van der Waals surface area contributed by atoms with Gasteiger partial charge in [0.15, 0.2) is 0 Å². The Hall–Kier alpha value is -4.62. The van der Waals surface area contributed by atoms with Gasteiger partial charge in [-0.05, 0) is 40.8 Å². The van der Waals surface area contributed by atoms with Crippen molar-refractivity contribution in [3.8, 4) is 0 Å². The molecule has 2 N–H and O–H groups in total. The first-order valence-corrected chi connectivity index (χ1v) is 12.9. The summed E-state index contributed by atoms with van der Waals surface area (Å²) in [5.41, 5.74) is 8.33. The summed E-state index contributed by atoms with van der Waals surface area (Å²) in [6.45, 7) is 2.67. The van der Waals surface area contributed by atoms with Crippen LogP contribution in [0, 0.1) is 0 Å². The van der Waals surface area contributed by atoms with Gasteiger partial charge < -0.3 is 24.3 Å². The van der Waals surface area contributed by atoms with E-state index in [2.05, 4.69) is 68.6 Å². The molecule has 3 aromatic heterocycles. The van der Waals surface area contributed by atoms with Gasteiger partial charge in [-0.25, -0.2) is 4.98 Å². The van der Waals surface area contributed by atoms with Crippen molar-refractivity contribution in [1.29, 1.82) is 0 Å². The van der Waals surface area contributed by atoms with Crippen molar-refractivity contribution >= 4 is 33.4 Å². The van der Waals surface area contributed by atoms with E-state index in [1.54, 1.807) is 0 Å². The summed E-state index contributed by atoms with van der Waals surface area (Å²) in [4.78, 5) is 23.3. The van der Waals surface area contributed by atoms with Crippen LogP contribution < -0.4 is 10.2 Å². The number of nitrogens with one attached hydrogen (secondary N) is 2. The number of rotatable bonds is 7. The first kappa shape index (κ1) is 22.6. The van der Waals surface area contributed by atoms with Crippen molar-refractivity contribution in [2.75, 3.05) is 4.90 Å². The summed E-state index contributed by atoms with van der Waals surface area (Å²) >= 11 is 0. The lowest BCUT2D eigenvalue weighted by Crippen LogP contribution is -2.25. The maximum Gasteiger partial charge on any atom is 0.259 e. The molecule has 38 heavy (non-hydrogen) atoms. The van der Waals surface area contributed by atoms with E-state index in [0.29, 0.717) is 19.6 Å². The number of hydrogen-bond donors (Lipinski definition) is 2. The Labute approximate surface area is 220 Å². The van der Waals surface area contributed by atoms with Crippen molar-refractivity contribution in [1.82, 2.24) is 24.4 Å². The summed E-state index contributed by atoms with van der Waals surface area (Å²) in [5, 5.41) is 5.90. The largest absolute Gasteiger partial charge is 0.356 e. The third-order valence-electron chi connectivity index (χ3n) is 7.40. The molecule has 0 saturated heterocycles. The molecule has 0 fully saturated rings. The van der Waals surface area contributed by atoms with Gasteiger partial charge >= 0.3 is 0 Å². The number of carbonyl (C=O) groups is 1. The Balaban J connectivity index is 1.13. The van der Waals surface area contributed by atoms with Gasteiger partial charge in [0, 0.05) is 54.5 Å². The number of carbonyl (C=O) groups excluding carboxylic acids is 1. The third-order valence-corrected chi connectivity index (χ3v) is 7.40. The van der Waals surface area contributed by atoms with E-state index in [-0.39, 0.29) is 5.91 Å². The number of imidazole rings is 1. The SMILES string of the molecule is Cn1cnc(Cn2ccc3ccc(CNCc4[nH]c5ccccc5c4N4Cc5ccccc5C4=O)cc32)c1. The van der Waals surface area contributed by atoms with Gasteiger partial charge in [0.2, 0.25) is 0 Å². The predicted molar refractivity (Wildman–Crippen MR) is 150 cm³/mol. The number of aryl methyl sites for hydroxylation is 1. The van der Waals surface area contributed by atoms with Crippen LogP contribution in [0.5, 0.6) is 0 Å². The first-order chi connectivity index (χ1) is 18.6. The average Bonchev–Trinajstić information content (AvgIpc) is 3.70. The molecule has 0 spiro atoms. The van der Waals surface area contributed by atoms with Crippen molar-refractivity contribution in [2.45, 2.75) is 26.2 Å². The zero-order chi connectivity index (χ0) is 25.6. The fourth-order valence-electron chi connectivity index (χ4n) is 5.59. The van der Waals surface area contributed by atoms with Crippen LogP contribution in [-0.4, -0.2) is 25.0 Å². The summed E-state index contributed by atoms with van der Waals surface area (Å²) in [6, 6.07) is 24.8. The van der Waals surface area contributed by atoms with Gasteiger partial charge in [-0.3, -0.25) is 4.79 Å². The van der Waals surface area contributed by atoms with Crippen LogP contribution in [0.1, 0.15) is 32.9 Å². The monoisotopic (exact) mass is 500 g/mol. The summed E-state index contributed by atoms with van der Waals surface area (Å²) in [5.74, 6) is 0.0609. The summed E-state index contributed by atoms with van der Waals surface area (Å²) in [6.07, 6.45) is 6.01. The van der Waals surface area contributed by atoms with Crippen molar-refractivity contribution < 1.29 is 4.79 Å². The van der Waals surface area contributed by atoms with E-state index in [4.69, 9.17) is 0 Å². The molecule has 4 heterocycles. The molecule has 6 aromatic rings. The second kappa shape index (κ2) is 9.04. The Bertz CT molecular complexity index is 1810. The zero-order valence-electron chi connectivity index (χ0n) is 21.2. The zero-order valence-corrected chi connectivity index (χ0v) is 21.2. The number of para-hydroxylation sites is 1. The highest BCUT2D eigenvalue weighted by Crippen LogP contribution is 2.36. The van der Waals surface area contributed by atoms with Gasteiger partial charge in [-0.1, -0.05) is 48.5 Å². The van der Waals surface area contributed by atoms with E-state index in [1.807, 2.05) is 59.2 Å². The van der Waals surface area contributed by atoms with Gasteiger partial charge in [-0.15, -0.1) is 0 Å². The summed E-state index contributed by atoms with van der Waals surface area (Å²) in [7, 11) is 1.99. The van der Waals surface area contributed by atoms with Crippen molar-refractivity contribution in [3.63, 3.8) is 0 Å². The fraction of sp³-hybridized carbons (Fsp3) is 0.161. The smallest absolute Gasteiger partial charge is 0.259 e. The second-order valence-corrected chi connectivity index (χ2v) is 10.0. The van der Waals surface area contributed by atoms with Crippen LogP contribution >= 0.6 is 0 Å². The minimum atomic E-state index is 0.0609. The number of fused-ring (bicyclic) bond motifs is 3. The molecule has 7 heteroatoms. The van der Waals surface area contributed by atoms with Gasteiger partial charge in [0.25, 0.3) is 5.91 Å². The molecule has 0 aliphatic carbocycles. The minimum Gasteiger partial charge on any atom is -0.356 e. The molecule has 1 amide bonds. The Morgan fingerprint density at radius 2 is 1.87 bits per heavy atom. The highest BCUT2D eigenvalue weighted by molar-refractivity contribution is 6.14. The van der Waals surface area contributed by atoms with E-state index in [0.717, 1.165) is 45.6 Å². The maximum absolute atomic E-state index is 13.3. The van der Waals surface area contributed by atoms with E-state index in [9.17, 15) is 4.79 Å². The van der Waals surface area contributed by atoms with E-state index >= 15 is 0 Å². The minimum absolute atomic E-state index is 0.0609. The van der Waals surface area contributed by atoms with Gasteiger partial charge in [0.1, 0.15) is 0 Å². The number of H-pyrrole nitrogens is 1. The number of hydrogen-bond acceptors (Lipinski definition) is 3. The van der Waals surface area contributed by atoms with Gasteiger partial charge in [-0.2, -0.15) is 0 Å². The molecule has 1 aliphatic heterocycles. The van der Waals surface area contributed by atoms with Crippen molar-refractivity contribution in [2.24, 2.45) is 7.05 Å². The first-order valence-electron chi connectivity index (χ1n) is 12.9. The lowest BCUT2D eigenvalue weighted by molar-refractivity contribution is 0.0996. The fourth-order valence-corrected chi connectivity index (χ4v) is 5.59. The van der Waals surface area contributed by atoms with E-state index < -0.39 is 0 Å². The topological polar surface area (TPSA) is 70.9 Å². The quantitative estimate of drug-likeness (QED) is 0.310. The van der Waals surface area contributed by atoms with E-state index in [1.165, 1.54) is 16.5 Å². The molecule has 0 unspecified atom stereocenters. The second-order valence-electron chi connectivity index (χ2n) is 10.0. The molecule has 0 radical (unpaired) electrons. The normalized spacial score (nSPS) is 13.2. The highest BCUT2D eigenvalue weighted by Gasteiger charge is 2.31. The predicted octanol–water partition coefficient (Wildman–Crippen LogP) is 5.35. The average molecular weight is 501 g/mol. The number of aromatic nitrogens is 4. The lowest BCUT2D eigenvalue weighted by atomic mass is 10.1. The van der Waals surface area contributed by atoms with Crippen LogP contribution in [0.4, 0.5) is 5.69 Å². The molecule has 3 aromatic carbocycles. The highest BCUT2D eigenvalue weighted by atomic mass is 16.2. The molecular formula is C31H28N6O. The molecule has 188 valence electrons. The molecule has 0 saturated carbocycles. The number of nitrogens with zero attached hydrogens (tertiary/aromatic N) is 4. The number of benzene rings is 3. The van der Waals surface area contributed by atoms with Crippen LogP contribution in [0.3, 0.4) is 0 Å². The van der Waals surface area contributed by atoms with Crippen molar-refractivity contribution in [3.05, 3.63) is 120 Å². The molecule has 0 bridgehead atoms. The van der Waals surface area contributed by atoms with Crippen LogP contribution in [0.25, 0.3) is 21.8 Å². The number of anilines is 1. The molecular weight excluding hydrogens is 472 g/mol.